The molecule has 0 saturated carbocycles. The average Bonchev–Trinajstić information content (AvgIpc) is 2.73. The maximum absolute atomic E-state index is 14.3. The van der Waals surface area contributed by atoms with Crippen LogP contribution >= 0.6 is 0 Å². The molecule has 3 aromatic rings. The van der Waals surface area contributed by atoms with Crippen LogP contribution < -0.4 is 16.0 Å². The van der Waals surface area contributed by atoms with Crippen LogP contribution in [0.5, 0.6) is 0 Å². The summed E-state index contributed by atoms with van der Waals surface area (Å²) in [5, 5.41) is 19.5. The molecule has 1 aliphatic rings. The van der Waals surface area contributed by atoms with Crippen LogP contribution in [0.2, 0.25) is 0 Å². The Balaban J connectivity index is 1.71. The molecular weight excluding hydrogens is 383 g/mol. The van der Waals surface area contributed by atoms with E-state index in [1.807, 2.05) is 19.1 Å². The first kappa shape index (κ1) is 20.3. The van der Waals surface area contributed by atoms with Crippen molar-refractivity contribution in [3.05, 3.63) is 65.2 Å². The van der Waals surface area contributed by atoms with Crippen LogP contribution in [0.1, 0.15) is 23.1 Å². The molecule has 7 nitrogen and oxygen atoms in total. The lowest BCUT2D eigenvalue weighted by atomic mass is 10.0. The first-order valence-corrected chi connectivity index (χ1v) is 10.0. The number of aliphatic hydroxyl groups excluding tert-OH is 1. The highest BCUT2D eigenvalue weighted by molar-refractivity contribution is 5.60. The van der Waals surface area contributed by atoms with Gasteiger partial charge < -0.3 is 10.4 Å². The van der Waals surface area contributed by atoms with Gasteiger partial charge in [0, 0.05) is 17.8 Å². The standard InChI is InChI=1S/C22H25FN6O/c1-14-7-15-9-18(8-14)28-22-27-13-26-21(29-22)17-4-5-19(23)16(10-17)3-2-6-24-20(12-30)25-11-15/h4-5,7-10,13,20,24-25,30H,2-3,6,11-12H2,1H3,(H,26,27,28,29). The Morgan fingerprint density at radius 3 is 2.90 bits per heavy atom. The van der Waals surface area contributed by atoms with E-state index in [0.29, 0.717) is 36.8 Å². The predicted octanol–water partition coefficient (Wildman–Crippen LogP) is 2.67. The van der Waals surface area contributed by atoms with Gasteiger partial charge in [0.1, 0.15) is 12.1 Å². The Labute approximate surface area is 174 Å². The lowest BCUT2D eigenvalue weighted by Crippen LogP contribution is -2.45. The minimum Gasteiger partial charge on any atom is -0.393 e. The zero-order valence-electron chi connectivity index (χ0n) is 16.8. The highest BCUT2D eigenvalue weighted by Gasteiger charge is 2.11. The molecule has 0 amide bonds. The van der Waals surface area contributed by atoms with Crippen LogP contribution in [-0.4, -0.2) is 39.4 Å². The molecule has 0 fully saturated rings. The molecule has 1 unspecified atom stereocenters. The van der Waals surface area contributed by atoms with Crippen molar-refractivity contribution in [3.8, 4) is 11.4 Å². The molecule has 156 valence electrons. The van der Waals surface area contributed by atoms with Gasteiger partial charge in [0.15, 0.2) is 5.82 Å². The number of halogens is 1. The first-order valence-electron chi connectivity index (χ1n) is 10.0. The van der Waals surface area contributed by atoms with Gasteiger partial charge in [-0.05, 0) is 73.3 Å². The third kappa shape index (κ3) is 4.96. The number of anilines is 2. The summed E-state index contributed by atoms with van der Waals surface area (Å²) in [4.78, 5) is 13.0. The van der Waals surface area contributed by atoms with Gasteiger partial charge in [-0.25, -0.2) is 14.4 Å². The van der Waals surface area contributed by atoms with Crippen molar-refractivity contribution in [2.24, 2.45) is 0 Å². The number of aliphatic hydroxyl groups is 1. The number of benzene rings is 2. The average molecular weight is 408 g/mol. The minimum atomic E-state index is -0.243. The molecule has 2 aromatic carbocycles. The van der Waals surface area contributed by atoms with E-state index in [-0.39, 0.29) is 18.6 Å². The molecule has 1 atom stereocenters. The van der Waals surface area contributed by atoms with Gasteiger partial charge in [-0.15, -0.1) is 0 Å². The molecular formula is C22H25FN6O. The normalized spacial score (nSPS) is 17.1. The van der Waals surface area contributed by atoms with E-state index in [1.165, 1.54) is 12.4 Å². The zero-order valence-corrected chi connectivity index (χ0v) is 16.8. The van der Waals surface area contributed by atoms with Crippen molar-refractivity contribution < 1.29 is 9.50 Å². The third-order valence-electron chi connectivity index (χ3n) is 5.02. The predicted molar refractivity (Wildman–Crippen MR) is 114 cm³/mol. The van der Waals surface area contributed by atoms with E-state index in [1.54, 1.807) is 12.1 Å². The fraction of sp³-hybridized carbons (Fsp3) is 0.318. The molecule has 0 saturated heterocycles. The van der Waals surface area contributed by atoms with Crippen LogP contribution in [0.3, 0.4) is 0 Å². The van der Waals surface area contributed by atoms with Crippen LogP contribution in [0.4, 0.5) is 16.0 Å². The van der Waals surface area contributed by atoms with Crippen LogP contribution in [-0.2, 0) is 13.0 Å². The van der Waals surface area contributed by atoms with Gasteiger partial charge in [-0.1, -0.05) is 6.07 Å². The van der Waals surface area contributed by atoms with Crippen LogP contribution in [0.25, 0.3) is 11.4 Å². The van der Waals surface area contributed by atoms with Gasteiger partial charge in [0.2, 0.25) is 5.95 Å². The summed E-state index contributed by atoms with van der Waals surface area (Å²) >= 11 is 0. The van der Waals surface area contributed by atoms with Gasteiger partial charge in [0.05, 0.1) is 12.8 Å². The van der Waals surface area contributed by atoms with E-state index in [2.05, 4.69) is 37.0 Å². The van der Waals surface area contributed by atoms with Crippen molar-refractivity contribution in [3.63, 3.8) is 0 Å². The molecule has 30 heavy (non-hydrogen) atoms. The van der Waals surface area contributed by atoms with E-state index >= 15 is 0 Å². The van der Waals surface area contributed by atoms with Crippen LogP contribution in [0.15, 0.2) is 42.7 Å². The highest BCUT2D eigenvalue weighted by atomic mass is 19.1. The van der Waals surface area contributed by atoms with Gasteiger partial charge in [0.25, 0.3) is 0 Å². The second-order valence-electron chi connectivity index (χ2n) is 7.44. The maximum atomic E-state index is 14.3. The van der Waals surface area contributed by atoms with Gasteiger partial charge in [-0.2, -0.15) is 4.98 Å². The number of hydrogen-bond donors (Lipinski definition) is 4. The summed E-state index contributed by atoms with van der Waals surface area (Å²) in [6.45, 7) is 3.23. The van der Waals surface area contributed by atoms with Crippen molar-refractivity contribution in [2.75, 3.05) is 18.5 Å². The molecule has 4 rings (SSSR count). The SMILES string of the molecule is Cc1cc2cc(c1)Nc1ncnc(n1)-c1ccc(F)c(c1)CCCNC(CO)NC2. The smallest absolute Gasteiger partial charge is 0.230 e. The second kappa shape index (κ2) is 9.25. The van der Waals surface area contributed by atoms with Gasteiger partial charge >= 0.3 is 0 Å². The lowest BCUT2D eigenvalue weighted by molar-refractivity contribution is 0.218. The number of nitrogens with one attached hydrogen (secondary N) is 3. The van der Waals surface area contributed by atoms with Crippen molar-refractivity contribution >= 4 is 11.6 Å². The van der Waals surface area contributed by atoms with E-state index in [0.717, 1.165) is 28.8 Å². The summed E-state index contributed by atoms with van der Waals surface area (Å²) in [6, 6.07) is 11.0. The summed E-state index contributed by atoms with van der Waals surface area (Å²) in [6.07, 6.45) is 2.52. The molecule has 1 aromatic heterocycles. The Bertz CT molecular complexity index is 1030. The summed E-state index contributed by atoms with van der Waals surface area (Å²) in [7, 11) is 0. The van der Waals surface area contributed by atoms with Crippen LogP contribution in [0, 0.1) is 12.7 Å². The monoisotopic (exact) mass is 408 g/mol. The van der Waals surface area contributed by atoms with Gasteiger partial charge in [-0.3, -0.25) is 10.6 Å². The van der Waals surface area contributed by atoms with Crippen molar-refractivity contribution in [2.45, 2.75) is 32.5 Å². The fourth-order valence-corrected chi connectivity index (χ4v) is 3.56. The molecule has 0 aliphatic carbocycles. The first-order chi connectivity index (χ1) is 14.6. The molecule has 1 aliphatic heterocycles. The van der Waals surface area contributed by atoms with E-state index in [9.17, 15) is 9.50 Å². The zero-order chi connectivity index (χ0) is 20.9. The largest absolute Gasteiger partial charge is 0.393 e. The number of aromatic nitrogens is 3. The number of aryl methyl sites for hydroxylation is 2. The Morgan fingerprint density at radius 2 is 2.03 bits per heavy atom. The maximum Gasteiger partial charge on any atom is 0.230 e. The summed E-state index contributed by atoms with van der Waals surface area (Å²) in [5.74, 6) is 0.674. The van der Waals surface area contributed by atoms with Crippen molar-refractivity contribution in [1.82, 2.24) is 25.6 Å². The number of nitrogens with zero attached hydrogens (tertiary/aromatic N) is 3. The number of hydrogen-bond acceptors (Lipinski definition) is 7. The number of rotatable bonds is 1. The Hall–Kier alpha value is -2.94. The third-order valence-corrected chi connectivity index (χ3v) is 5.02. The molecule has 8 heteroatoms. The molecule has 2 heterocycles. The Morgan fingerprint density at radius 1 is 1.13 bits per heavy atom. The molecule has 6 bridgehead atoms. The highest BCUT2D eigenvalue weighted by Crippen LogP contribution is 2.22. The number of fused-ring (bicyclic) bond motifs is 7. The minimum absolute atomic E-state index is 0.0356. The Kier molecular flexibility index (Phi) is 6.27. The van der Waals surface area contributed by atoms with E-state index < -0.39 is 0 Å². The van der Waals surface area contributed by atoms with Crippen molar-refractivity contribution in [1.29, 1.82) is 0 Å². The molecule has 4 N–H and O–H groups in total. The fourth-order valence-electron chi connectivity index (χ4n) is 3.56. The molecule has 0 radical (unpaired) electrons. The lowest BCUT2D eigenvalue weighted by Gasteiger charge is -2.19. The molecule has 0 spiro atoms. The topological polar surface area (TPSA) is 95.0 Å². The second-order valence-corrected chi connectivity index (χ2v) is 7.44. The quantitative estimate of drug-likeness (QED) is 0.492. The summed E-state index contributed by atoms with van der Waals surface area (Å²) in [5.41, 5.74) is 4.39. The summed E-state index contributed by atoms with van der Waals surface area (Å²) < 4.78 is 14.3. The van der Waals surface area contributed by atoms with E-state index in [4.69, 9.17) is 0 Å².